The molecule has 0 aliphatic rings. The van der Waals surface area contributed by atoms with Crippen molar-refractivity contribution in [3.05, 3.63) is 17.7 Å². The zero-order valence-corrected chi connectivity index (χ0v) is 16.3. The van der Waals surface area contributed by atoms with E-state index in [2.05, 4.69) is 6.92 Å². The third kappa shape index (κ3) is 8.59. The maximum atomic E-state index is 12.1. The lowest BCUT2D eigenvalue weighted by molar-refractivity contribution is 0.0975. The number of ketones is 1. The van der Waals surface area contributed by atoms with Crippen molar-refractivity contribution in [2.45, 2.75) is 96.8 Å². The number of carbonyl (C=O) groups excluding carboxylic acids is 1. The lowest BCUT2D eigenvalue weighted by atomic mass is 10.0. The highest BCUT2D eigenvalue weighted by molar-refractivity contribution is 5.99. The van der Waals surface area contributed by atoms with Crippen molar-refractivity contribution < 1.29 is 20.1 Å². The van der Waals surface area contributed by atoms with E-state index < -0.39 is 17.2 Å². The Hall–Kier alpha value is -1.71. The van der Waals surface area contributed by atoms with E-state index in [1.807, 2.05) is 0 Å². The van der Waals surface area contributed by atoms with Crippen molar-refractivity contribution in [2.75, 3.05) is 0 Å². The van der Waals surface area contributed by atoms with Crippen LogP contribution < -0.4 is 0 Å². The molecule has 0 heterocycles. The minimum Gasteiger partial charge on any atom is -0.504 e. The first kappa shape index (κ1) is 22.3. The Balaban J connectivity index is 2.01. The fourth-order valence-electron chi connectivity index (χ4n) is 3.23. The number of hydrogen-bond acceptors (Lipinski definition) is 4. The van der Waals surface area contributed by atoms with Crippen LogP contribution in [0.5, 0.6) is 17.2 Å². The van der Waals surface area contributed by atoms with Gasteiger partial charge >= 0.3 is 0 Å². The first-order chi connectivity index (χ1) is 12.6. The largest absolute Gasteiger partial charge is 0.504 e. The van der Waals surface area contributed by atoms with Gasteiger partial charge in [0, 0.05) is 6.42 Å². The molecule has 1 aromatic carbocycles. The quantitative estimate of drug-likeness (QED) is 0.189. The molecule has 0 atom stereocenters. The summed E-state index contributed by atoms with van der Waals surface area (Å²) in [6.45, 7) is 2.25. The molecule has 0 aliphatic carbocycles. The van der Waals surface area contributed by atoms with Gasteiger partial charge in [-0.15, -0.1) is 0 Å². The summed E-state index contributed by atoms with van der Waals surface area (Å²) >= 11 is 0. The van der Waals surface area contributed by atoms with Crippen molar-refractivity contribution in [3.63, 3.8) is 0 Å². The van der Waals surface area contributed by atoms with Gasteiger partial charge in [0.2, 0.25) is 5.75 Å². The average molecular weight is 365 g/mol. The van der Waals surface area contributed by atoms with Crippen LogP contribution >= 0.6 is 0 Å². The summed E-state index contributed by atoms with van der Waals surface area (Å²) in [7, 11) is 0. The maximum absolute atomic E-state index is 12.1. The topological polar surface area (TPSA) is 77.8 Å². The molecule has 0 spiro atoms. The van der Waals surface area contributed by atoms with Crippen LogP contribution in [0.2, 0.25) is 0 Å². The van der Waals surface area contributed by atoms with Gasteiger partial charge in [0.25, 0.3) is 0 Å². The zero-order chi connectivity index (χ0) is 19.2. The molecule has 0 radical (unpaired) electrons. The van der Waals surface area contributed by atoms with Gasteiger partial charge in [0.05, 0.1) is 5.56 Å². The number of aromatic hydroxyl groups is 3. The summed E-state index contributed by atoms with van der Waals surface area (Å²) in [6.07, 6.45) is 16.6. The Kier molecular flexibility index (Phi) is 11.6. The second-order valence-electron chi connectivity index (χ2n) is 7.25. The molecular formula is C22H36O4. The molecule has 1 aromatic rings. The molecule has 4 heteroatoms. The number of rotatable bonds is 15. The molecule has 0 unspecified atom stereocenters. The fourth-order valence-corrected chi connectivity index (χ4v) is 3.23. The van der Waals surface area contributed by atoms with E-state index in [0.717, 1.165) is 19.3 Å². The maximum Gasteiger partial charge on any atom is 0.201 e. The van der Waals surface area contributed by atoms with Gasteiger partial charge in [-0.25, -0.2) is 0 Å². The normalized spacial score (nSPS) is 11.0. The summed E-state index contributed by atoms with van der Waals surface area (Å²) in [5.74, 6) is -1.76. The van der Waals surface area contributed by atoms with Crippen LogP contribution in [0.4, 0.5) is 0 Å². The van der Waals surface area contributed by atoms with Gasteiger partial charge < -0.3 is 15.3 Å². The highest BCUT2D eigenvalue weighted by Gasteiger charge is 2.16. The van der Waals surface area contributed by atoms with Gasteiger partial charge in [-0.05, 0) is 18.6 Å². The summed E-state index contributed by atoms with van der Waals surface area (Å²) in [6, 6.07) is 2.58. The van der Waals surface area contributed by atoms with Crippen molar-refractivity contribution in [1.82, 2.24) is 0 Å². The van der Waals surface area contributed by atoms with E-state index >= 15 is 0 Å². The molecule has 0 aromatic heterocycles. The van der Waals surface area contributed by atoms with Crippen LogP contribution in [0.1, 0.15) is 107 Å². The number of unbranched alkanes of at least 4 members (excludes halogenated alkanes) is 12. The van der Waals surface area contributed by atoms with Gasteiger partial charge in [-0.1, -0.05) is 84.0 Å². The minimum absolute atomic E-state index is 0.0826. The first-order valence-electron chi connectivity index (χ1n) is 10.3. The molecule has 0 aliphatic heterocycles. The molecular weight excluding hydrogens is 328 g/mol. The first-order valence-corrected chi connectivity index (χ1v) is 10.3. The predicted octanol–water partition coefficient (Wildman–Crippen LogP) is 6.47. The van der Waals surface area contributed by atoms with E-state index in [4.69, 9.17) is 0 Å². The molecule has 0 saturated heterocycles. The Bertz CT molecular complexity index is 525. The summed E-state index contributed by atoms with van der Waals surface area (Å²) in [5, 5.41) is 28.5. The molecule has 148 valence electrons. The molecule has 3 N–H and O–H groups in total. The third-order valence-corrected chi connectivity index (χ3v) is 4.94. The number of Topliss-reactive ketones (excluding diaryl/α,β-unsaturated/α-hetero) is 1. The van der Waals surface area contributed by atoms with Crippen LogP contribution in [0.3, 0.4) is 0 Å². The van der Waals surface area contributed by atoms with Gasteiger partial charge in [-0.3, -0.25) is 4.79 Å². The Morgan fingerprint density at radius 3 is 1.65 bits per heavy atom. The zero-order valence-electron chi connectivity index (χ0n) is 16.3. The van der Waals surface area contributed by atoms with Crippen LogP contribution in [-0.4, -0.2) is 21.1 Å². The number of benzene rings is 1. The number of carbonyl (C=O) groups is 1. The molecule has 0 fully saturated rings. The Morgan fingerprint density at radius 2 is 1.15 bits per heavy atom. The molecule has 0 bridgehead atoms. The Morgan fingerprint density at radius 1 is 0.692 bits per heavy atom. The monoisotopic (exact) mass is 364 g/mol. The fraction of sp³-hybridized carbons (Fsp3) is 0.682. The highest BCUT2D eigenvalue weighted by atomic mass is 16.3. The second kappa shape index (κ2) is 13.5. The van der Waals surface area contributed by atoms with Gasteiger partial charge in [0.1, 0.15) is 0 Å². The van der Waals surface area contributed by atoms with E-state index in [-0.39, 0.29) is 11.3 Å². The SMILES string of the molecule is CCCCCCCCCCCCCCCC(=O)c1ccc(O)c(O)c1O. The van der Waals surface area contributed by atoms with Crippen LogP contribution in [-0.2, 0) is 0 Å². The predicted molar refractivity (Wildman–Crippen MR) is 106 cm³/mol. The number of phenols is 3. The van der Waals surface area contributed by atoms with Gasteiger partial charge in [0.15, 0.2) is 17.3 Å². The van der Waals surface area contributed by atoms with E-state index in [0.29, 0.717) is 6.42 Å². The van der Waals surface area contributed by atoms with Crippen molar-refractivity contribution >= 4 is 5.78 Å². The van der Waals surface area contributed by atoms with E-state index in [1.165, 1.54) is 76.3 Å². The summed E-state index contributed by atoms with van der Waals surface area (Å²) < 4.78 is 0. The molecule has 1 rings (SSSR count). The van der Waals surface area contributed by atoms with Crippen molar-refractivity contribution in [1.29, 1.82) is 0 Å². The number of hydrogen-bond donors (Lipinski definition) is 3. The molecule has 4 nitrogen and oxygen atoms in total. The summed E-state index contributed by atoms with van der Waals surface area (Å²) in [5.41, 5.74) is 0.0826. The molecule has 26 heavy (non-hydrogen) atoms. The van der Waals surface area contributed by atoms with E-state index in [1.54, 1.807) is 0 Å². The summed E-state index contributed by atoms with van der Waals surface area (Å²) in [4.78, 5) is 12.1. The van der Waals surface area contributed by atoms with Gasteiger partial charge in [-0.2, -0.15) is 0 Å². The Labute approximate surface area is 158 Å². The minimum atomic E-state index is -0.624. The van der Waals surface area contributed by atoms with Crippen LogP contribution in [0, 0.1) is 0 Å². The molecule has 0 amide bonds. The standard InChI is InChI=1S/C22H36O4/c1-2-3-4-5-6-7-8-9-10-11-12-13-14-15-19(23)18-16-17-20(24)22(26)21(18)25/h16-17,24-26H,2-15H2,1H3. The molecule has 0 saturated carbocycles. The third-order valence-electron chi connectivity index (χ3n) is 4.94. The van der Waals surface area contributed by atoms with Crippen LogP contribution in [0.15, 0.2) is 12.1 Å². The lowest BCUT2D eigenvalue weighted by Crippen LogP contribution is -1.99. The lowest BCUT2D eigenvalue weighted by Gasteiger charge is -2.07. The van der Waals surface area contributed by atoms with Crippen molar-refractivity contribution in [3.8, 4) is 17.2 Å². The number of phenolic OH excluding ortho intramolecular Hbond substituents is 3. The van der Waals surface area contributed by atoms with E-state index in [9.17, 15) is 20.1 Å². The van der Waals surface area contributed by atoms with Crippen molar-refractivity contribution in [2.24, 2.45) is 0 Å². The van der Waals surface area contributed by atoms with Crippen LogP contribution in [0.25, 0.3) is 0 Å². The average Bonchev–Trinajstić information content (AvgIpc) is 2.63. The smallest absolute Gasteiger partial charge is 0.201 e. The highest BCUT2D eigenvalue weighted by Crippen LogP contribution is 2.37. The second-order valence-corrected chi connectivity index (χ2v) is 7.25.